The van der Waals surface area contributed by atoms with E-state index in [0.717, 1.165) is 27.9 Å². The van der Waals surface area contributed by atoms with Crippen molar-refractivity contribution in [2.24, 2.45) is 0 Å². The van der Waals surface area contributed by atoms with Gasteiger partial charge in [-0.15, -0.1) is 11.3 Å². The number of nitrogens with one attached hydrogen (secondary N) is 1. The first-order chi connectivity index (χ1) is 10.3. The molecule has 1 N–H and O–H groups in total. The molecule has 0 radical (unpaired) electrons. The number of anilines is 2. The van der Waals surface area contributed by atoms with Crippen LogP contribution < -0.4 is 5.32 Å². The van der Waals surface area contributed by atoms with Gasteiger partial charge in [-0.05, 0) is 30.7 Å². The fraction of sp³-hybridized carbons (Fsp3) is 0.0667. The first-order valence-electron chi connectivity index (χ1n) is 6.27. The lowest BCUT2D eigenvalue weighted by Crippen LogP contribution is -1.95. The van der Waals surface area contributed by atoms with Crippen LogP contribution in [-0.4, -0.2) is 15.0 Å². The van der Waals surface area contributed by atoms with E-state index >= 15 is 0 Å². The molecule has 0 amide bonds. The molecule has 6 heteroatoms. The molecule has 0 bridgehead atoms. The van der Waals surface area contributed by atoms with Crippen molar-refractivity contribution in [1.82, 2.24) is 15.0 Å². The van der Waals surface area contributed by atoms with Crippen molar-refractivity contribution in [3.05, 3.63) is 53.2 Å². The van der Waals surface area contributed by atoms with Crippen LogP contribution in [-0.2, 0) is 0 Å². The normalized spacial score (nSPS) is 10.1. The summed E-state index contributed by atoms with van der Waals surface area (Å²) in [4.78, 5) is 13.0. The third kappa shape index (κ3) is 2.88. The number of hydrogen-bond acceptors (Lipinski definition) is 6. The SMILES string of the molecule is Cc1cccnc1Nc1nc(-c2ccc(C#N)cn2)cs1. The highest BCUT2D eigenvalue weighted by atomic mass is 32.1. The third-order valence-corrected chi connectivity index (χ3v) is 3.65. The van der Waals surface area contributed by atoms with Gasteiger partial charge in [-0.3, -0.25) is 4.98 Å². The first kappa shape index (κ1) is 13.2. The van der Waals surface area contributed by atoms with Crippen molar-refractivity contribution in [3.8, 4) is 17.5 Å². The van der Waals surface area contributed by atoms with E-state index in [1.165, 1.54) is 11.3 Å². The highest BCUT2D eigenvalue weighted by molar-refractivity contribution is 7.14. The van der Waals surface area contributed by atoms with Crippen molar-refractivity contribution < 1.29 is 0 Å². The quantitative estimate of drug-likeness (QED) is 0.799. The lowest BCUT2D eigenvalue weighted by molar-refractivity contribution is 1.23. The van der Waals surface area contributed by atoms with E-state index in [2.05, 4.69) is 20.3 Å². The van der Waals surface area contributed by atoms with Gasteiger partial charge in [-0.1, -0.05) is 6.07 Å². The molecule has 21 heavy (non-hydrogen) atoms. The summed E-state index contributed by atoms with van der Waals surface area (Å²) < 4.78 is 0. The maximum Gasteiger partial charge on any atom is 0.188 e. The number of aromatic nitrogens is 3. The number of hydrogen-bond donors (Lipinski definition) is 1. The summed E-state index contributed by atoms with van der Waals surface area (Å²) in [5.74, 6) is 0.797. The van der Waals surface area contributed by atoms with Crippen LogP contribution in [0.4, 0.5) is 10.9 Å². The number of thiazole rings is 1. The number of nitriles is 1. The Morgan fingerprint density at radius 3 is 2.81 bits per heavy atom. The number of pyridine rings is 2. The van der Waals surface area contributed by atoms with E-state index in [1.54, 1.807) is 24.5 Å². The Bertz CT molecular complexity index is 801. The van der Waals surface area contributed by atoms with Crippen LogP contribution >= 0.6 is 11.3 Å². The van der Waals surface area contributed by atoms with E-state index in [1.807, 2.05) is 30.5 Å². The van der Waals surface area contributed by atoms with Crippen molar-refractivity contribution in [3.63, 3.8) is 0 Å². The van der Waals surface area contributed by atoms with Gasteiger partial charge in [0.1, 0.15) is 17.6 Å². The van der Waals surface area contributed by atoms with Crippen LogP contribution in [0.25, 0.3) is 11.4 Å². The molecule has 0 aliphatic carbocycles. The minimum absolute atomic E-state index is 0.538. The van der Waals surface area contributed by atoms with Crippen LogP contribution in [0.15, 0.2) is 42.0 Å². The van der Waals surface area contributed by atoms with Crippen molar-refractivity contribution in [1.29, 1.82) is 5.26 Å². The molecule has 3 rings (SSSR count). The minimum atomic E-state index is 0.538. The lowest BCUT2D eigenvalue weighted by Gasteiger charge is -2.03. The predicted molar refractivity (Wildman–Crippen MR) is 82.3 cm³/mol. The smallest absolute Gasteiger partial charge is 0.188 e. The summed E-state index contributed by atoms with van der Waals surface area (Å²) in [6, 6.07) is 9.47. The second-order valence-corrected chi connectivity index (χ2v) is 5.23. The van der Waals surface area contributed by atoms with E-state index in [9.17, 15) is 0 Å². The van der Waals surface area contributed by atoms with Gasteiger partial charge in [0, 0.05) is 17.8 Å². The summed E-state index contributed by atoms with van der Waals surface area (Å²) in [6.45, 7) is 1.99. The molecule has 0 fully saturated rings. The summed E-state index contributed by atoms with van der Waals surface area (Å²) in [5, 5.41) is 14.7. The molecule has 0 saturated heterocycles. The molecule has 3 aromatic rings. The third-order valence-electron chi connectivity index (χ3n) is 2.89. The molecule has 0 spiro atoms. The Kier molecular flexibility index (Phi) is 3.58. The van der Waals surface area contributed by atoms with Crippen molar-refractivity contribution >= 4 is 22.3 Å². The Balaban J connectivity index is 1.83. The van der Waals surface area contributed by atoms with Gasteiger partial charge in [-0.25, -0.2) is 9.97 Å². The highest BCUT2D eigenvalue weighted by Gasteiger charge is 2.07. The molecule has 3 aromatic heterocycles. The summed E-state index contributed by atoms with van der Waals surface area (Å²) >= 11 is 1.49. The van der Waals surface area contributed by atoms with Crippen molar-refractivity contribution in [2.45, 2.75) is 6.92 Å². The van der Waals surface area contributed by atoms with Gasteiger partial charge in [-0.2, -0.15) is 5.26 Å². The molecule has 0 saturated carbocycles. The maximum absolute atomic E-state index is 8.77. The predicted octanol–water partition coefficient (Wildman–Crippen LogP) is 3.52. The number of rotatable bonds is 3. The topological polar surface area (TPSA) is 74.5 Å². The second-order valence-electron chi connectivity index (χ2n) is 4.38. The monoisotopic (exact) mass is 293 g/mol. The van der Waals surface area contributed by atoms with E-state index in [4.69, 9.17) is 5.26 Å². The van der Waals surface area contributed by atoms with E-state index in [0.29, 0.717) is 5.56 Å². The summed E-state index contributed by atoms with van der Waals surface area (Å²) in [5.41, 5.74) is 3.12. The van der Waals surface area contributed by atoms with Crippen molar-refractivity contribution in [2.75, 3.05) is 5.32 Å². The molecule has 0 aliphatic rings. The fourth-order valence-electron chi connectivity index (χ4n) is 1.78. The highest BCUT2D eigenvalue weighted by Crippen LogP contribution is 2.26. The number of nitrogens with zero attached hydrogens (tertiary/aromatic N) is 4. The molecule has 0 atom stereocenters. The van der Waals surface area contributed by atoms with Gasteiger partial charge in [0.05, 0.1) is 11.3 Å². The first-order valence-corrected chi connectivity index (χ1v) is 7.15. The average Bonchev–Trinajstić information content (AvgIpc) is 2.98. The standard InChI is InChI=1S/C15H11N5S/c1-10-3-2-6-17-14(10)20-15-19-13(9-21-15)12-5-4-11(7-16)8-18-12/h2-6,8-9H,1H3,(H,17,19,20). The molecule has 0 aromatic carbocycles. The Morgan fingerprint density at radius 2 is 2.10 bits per heavy atom. The number of aryl methyl sites for hydroxylation is 1. The fourth-order valence-corrected chi connectivity index (χ4v) is 2.48. The van der Waals surface area contributed by atoms with Gasteiger partial charge in [0.25, 0.3) is 0 Å². The van der Waals surface area contributed by atoms with Crippen LogP contribution in [0.2, 0.25) is 0 Å². The Labute approximate surface area is 126 Å². The lowest BCUT2D eigenvalue weighted by atomic mass is 10.2. The minimum Gasteiger partial charge on any atom is -0.316 e. The van der Waals surface area contributed by atoms with Gasteiger partial charge >= 0.3 is 0 Å². The van der Waals surface area contributed by atoms with Crippen LogP contribution in [0.3, 0.4) is 0 Å². The van der Waals surface area contributed by atoms with Crippen LogP contribution in [0, 0.1) is 18.3 Å². The van der Waals surface area contributed by atoms with E-state index < -0.39 is 0 Å². The Morgan fingerprint density at radius 1 is 1.19 bits per heavy atom. The van der Waals surface area contributed by atoms with Gasteiger partial charge in [0.2, 0.25) is 0 Å². The van der Waals surface area contributed by atoms with Gasteiger partial charge < -0.3 is 5.32 Å². The maximum atomic E-state index is 8.77. The summed E-state index contributed by atoms with van der Waals surface area (Å²) in [6.07, 6.45) is 3.29. The molecule has 0 aliphatic heterocycles. The summed E-state index contributed by atoms with van der Waals surface area (Å²) in [7, 11) is 0. The van der Waals surface area contributed by atoms with Crippen LogP contribution in [0.5, 0.6) is 0 Å². The molecule has 5 nitrogen and oxygen atoms in total. The largest absolute Gasteiger partial charge is 0.316 e. The zero-order chi connectivity index (χ0) is 14.7. The second kappa shape index (κ2) is 5.69. The Hall–Kier alpha value is -2.78. The van der Waals surface area contributed by atoms with Crippen LogP contribution in [0.1, 0.15) is 11.1 Å². The zero-order valence-corrected chi connectivity index (χ0v) is 12.1. The average molecular weight is 293 g/mol. The molecule has 0 unspecified atom stereocenters. The van der Waals surface area contributed by atoms with Gasteiger partial charge in [0.15, 0.2) is 5.13 Å². The molecule has 3 heterocycles. The molecule has 102 valence electrons. The van der Waals surface area contributed by atoms with E-state index in [-0.39, 0.29) is 0 Å². The molecular weight excluding hydrogens is 282 g/mol. The zero-order valence-electron chi connectivity index (χ0n) is 11.2. The molecular formula is C15H11N5S.